The maximum atomic E-state index is 12.2. The quantitative estimate of drug-likeness (QED) is 0.917. The van der Waals surface area contributed by atoms with Crippen LogP contribution in [0.4, 0.5) is 5.69 Å². The van der Waals surface area contributed by atoms with Gasteiger partial charge >= 0.3 is 0 Å². The van der Waals surface area contributed by atoms with Crippen LogP contribution in [0.5, 0.6) is 0 Å². The van der Waals surface area contributed by atoms with Gasteiger partial charge in [-0.1, -0.05) is 58.7 Å². The number of hydrogen-bond acceptors (Lipinski definition) is 3. The van der Waals surface area contributed by atoms with Crippen molar-refractivity contribution in [1.29, 1.82) is 0 Å². The van der Waals surface area contributed by atoms with Crippen molar-refractivity contribution in [2.24, 2.45) is 5.16 Å². The first-order chi connectivity index (χ1) is 10.6. The molecule has 0 radical (unpaired) electrons. The zero-order valence-corrected chi connectivity index (χ0v) is 12.9. The van der Waals surface area contributed by atoms with E-state index in [1.165, 1.54) is 0 Å². The number of benzene rings is 2. The summed E-state index contributed by atoms with van der Waals surface area (Å²) in [5.41, 5.74) is 2.19. The van der Waals surface area contributed by atoms with Crippen molar-refractivity contribution < 1.29 is 9.63 Å². The fourth-order valence-electron chi connectivity index (χ4n) is 2.12. The topological polar surface area (TPSA) is 50.7 Å². The lowest BCUT2D eigenvalue weighted by atomic mass is 10.0. The van der Waals surface area contributed by atoms with E-state index in [9.17, 15) is 4.79 Å². The number of hydrogen-bond donors (Lipinski definition) is 1. The second-order valence-electron chi connectivity index (χ2n) is 4.82. The highest BCUT2D eigenvalue weighted by Crippen LogP contribution is 2.26. The second-order valence-corrected chi connectivity index (χ2v) is 5.66. The molecule has 1 aliphatic heterocycles. The van der Waals surface area contributed by atoms with Crippen LogP contribution in [-0.2, 0) is 9.63 Å². The first kappa shape index (κ1) is 14.9. The third-order valence-electron chi connectivity index (χ3n) is 3.26. The molecule has 0 saturated heterocycles. The second kappa shape index (κ2) is 6.38. The van der Waals surface area contributed by atoms with E-state index < -0.39 is 6.10 Å². The Bertz CT molecular complexity index is 732. The molecule has 2 aromatic carbocycles. The summed E-state index contributed by atoms with van der Waals surface area (Å²) in [4.78, 5) is 17.5. The van der Waals surface area contributed by atoms with Crippen LogP contribution in [0.2, 0.25) is 10.0 Å². The Hall–Kier alpha value is -2.04. The minimum atomic E-state index is -0.665. The summed E-state index contributed by atoms with van der Waals surface area (Å²) in [6.07, 6.45) is -0.247. The van der Waals surface area contributed by atoms with Crippen LogP contribution in [0.1, 0.15) is 12.0 Å². The maximum Gasteiger partial charge on any atom is 0.268 e. The van der Waals surface area contributed by atoms with E-state index in [1.54, 1.807) is 18.2 Å². The monoisotopic (exact) mass is 334 g/mol. The largest absolute Gasteiger partial charge is 0.382 e. The number of nitrogens with zero attached hydrogens (tertiary/aromatic N) is 1. The summed E-state index contributed by atoms with van der Waals surface area (Å²) >= 11 is 11.9. The van der Waals surface area contributed by atoms with Gasteiger partial charge in [-0.05, 0) is 23.8 Å². The van der Waals surface area contributed by atoms with E-state index in [0.29, 0.717) is 22.2 Å². The lowest BCUT2D eigenvalue weighted by Gasteiger charge is -2.10. The number of halogens is 2. The Labute approximate surface area is 137 Å². The highest BCUT2D eigenvalue weighted by molar-refractivity contribution is 6.36. The fourth-order valence-corrected chi connectivity index (χ4v) is 2.58. The van der Waals surface area contributed by atoms with Crippen molar-refractivity contribution in [3.05, 3.63) is 64.1 Å². The minimum absolute atomic E-state index is 0.293. The van der Waals surface area contributed by atoms with Gasteiger partial charge in [-0.25, -0.2) is 0 Å². The van der Waals surface area contributed by atoms with Gasteiger partial charge in [0.2, 0.25) is 6.10 Å². The molecule has 1 amide bonds. The molecular formula is C16H12Cl2N2O2. The van der Waals surface area contributed by atoms with Crippen molar-refractivity contribution in [2.45, 2.75) is 12.5 Å². The Kier molecular flexibility index (Phi) is 4.32. The predicted molar refractivity (Wildman–Crippen MR) is 87.6 cm³/mol. The minimum Gasteiger partial charge on any atom is -0.382 e. The summed E-state index contributed by atoms with van der Waals surface area (Å²) in [7, 11) is 0. The van der Waals surface area contributed by atoms with Gasteiger partial charge in [0.15, 0.2) is 0 Å². The Balaban J connectivity index is 1.65. The van der Waals surface area contributed by atoms with Gasteiger partial charge in [0.05, 0.1) is 16.4 Å². The first-order valence-corrected chi connectivity index (χ1v) is 7.43. The molecule has 0 spiro atoms. The number of rotatable bonds is 3. The molecule has 2 aromatic rings. The molecule has 0 bridgehead atoms. The number of anilines is 1. The zero-order valence-electron chi connectivity index (χ0n) is 11.4. The highest BCUT2D eigenvalue weighted by atomic mass is 35.5. The molecule has 1 aliphatic rings. The maximum absolute atomic E-state index is 12.2. The summed E-state index contributed by atoms with van der Waals surface area (Å²) in [6.45, 7) is 0. The third-order valence-corrected chi connectivity index (χ3v) is 3.81. The summed E-state index contributed by atoms with van der Waals surface area (Å²) in [6, 6.07) is 14.5. The van der Waals surface area contributed by atoms with E-state index in [1.807, 2.05) is 30.3 Å². The van der Waals surface area contributed by atoms with Crippen LogP contribution in [0, 0.1) is 0 Å². The van der Waals surface area contributed by atoms with Gasteiger partial charge in [0, 0.05) is 11.4 Å². The van der Waals surface area contributed by atoms with Crippen LogP contribution in [0.25, 0.3) is 0 Å². The van der Waals surface area contributed by atoms with Crippen molar-refractivity contribution in [3.63, 3.8) is 0 Å². The van der Waals surface area contributed by atoms with Gasteiger partial charge in [0.25, 0.3) is 5.91 Å². The molecule has 1 heterocycles. The van der Waals surface area contributed by atoms with Crippen molar-refractivity contribution in [3.8, 4) is 0 Å². The molecule has 4 nitrogen and oxygen atoms in total. The molecule has 0 aromatic heterocycles. The number of oxime groups is 1. The predicted octanol–water partition coefficient (Wildman–Crippen LogP) is 4.13. The van der Waals surface area contributed by atoms with E-state index in [2.05, 4.69) is 10.5 Å². The summed E-state index contributed by atoms with van der Waals surface area (Å²) < 4.78 is 0. The molecule has 3 rings (SSSR count). The van der Waals surface area contributed by atoms with Crippen molar-refractivity contribution in [2.75, 3.05) is 5.32 Å². The lowest BCUT2D eigenvalue weighted by Crippen LogP contribution is -2.28. The molecular weight excluding hydrogens is 323 g/mol. The van der Waals surface area contributed by atoms with Crippen LogP contribution in [0.3, 0.4) is 0 Å². The van der Waals surface area contributed by atoms with Crippen LogP contribution in [-0.4, -0.2) is 17.7 Å². The average molecular weight is 335 g/mol. The van der Waals surface area contributed by atoms with Gasteiger partial charge in [-0.3, -0.25) is 4.79 Å². The number of amides is 1. The molecule has 22 heavy (non-hydrogen) atoms. The standard InChI is InChI=1S/C16H12Cl2N2O2/c17-11-6-7-13(12(18)8-11)19-16(21)15-9-14(20-22-15)10-4-2-1-3-5-10/h1-8,15H,9H2,(H,19,21)/t15-/m1/s1. The summed E-state index contributed by atoms with van der Waals surface area (Å²) in [5, 5.41) is 7.60. The van der Waals surface area contributed by atoms with Crippen molar-refractivity contribution >= 4 is 40.5 Å². The van der Waals surface area contributed by atoms with E-state index in [-0.39, 0.29) is 5.91 Å². The molecule has 6 heteroatoms. The molecule has 0 fully saturated rings. The smallest absolute Gasteiger partial charge is 0.268 e. The van der Waals surface area contributed by atoms with Crippen LogP contribution in [0.15, 0.2) is 53.7 Å². The van der Waals surface area contributed by atoms with Gasteiger partial charge in [-0.2, -0.15) is 0 Å². The molecule has 1 N–H and O–H groups in total. The molecule has 0 unspecified atom stereocenters. The first-order valence-electron chi connectivity index (χ1n) is 6.67. The average Bonchev–Trinajstić information content (AvgIpc) is 3.01. The SMILES string of the molecule is O=C(Nc1ccc(Cl)cc1Cl)[C@H]1CC(c2ccccc2)=NO1. The van der Waals surface area contributed by atoms with Gasteiger partial charge in [0.1, 0.15) is 0 Å². The van der Waals surface area contributed by atoms with E-state index in [4.69, 9.17) is 28.0 Å². The number of carbonyl (C=O) groups excluding carboxylic acids is 1. The fraction of sp³-hybridized carbons (Fsp3) is 0.125. The third kappa shape index (κ3) is 3.24. The van der Waals surface area contributed by atoms with E-state index in [0.717, 1.165) is 11.3 Å². The highest BCUT2D eigenvalue weighted by Gasteiger charge is 2.29. The van der Waals surface area contributed by atoms with Gasteiger partial charge in [-0.15, -0.1) is 0 Å². The van der Waals surface area contributed by atoms with Crippen molar-refractivity contribution in [1.82, 2.24) is 0 Å². The Morgan fingerprint density at radius 2 is 1.95 bits per heavy atom. The van der Waals surface area contributed by atoms with Crippen LogP contribution < -0.4 is 5.32 Å². The Morgan fingerprint density at radius 3 is 2.68 bits per heavy atom. The summed E-state index contributed by atoms with van der Waals surface area (Å²) in [5.74, 6) is -0.293. The van der Waals surface area contributed by atoms with Crippen LogP contribution >= 0.6 is 23.2 Å². The van der Waals surface area contributed by atoms with Gasteiger partial charge < -0.3 is 10.2 Å². The zero-order chi connectivity index (χ0) is 15.5. The molecule has 0 saturated carbocycles. The Morgan fingerprint density at radius 1 is 1.18 bits per heavy atom. The normalized spacial score (nSPS) is 16.8. The number of carbonyl (C=O) groups is 1. The lowest BCUT2D eigenvalue weighted by molar-refractivity contribution is -0.125. The molecule has 112 valence electrons. The molecule has 0 aliphatic carbocycles. The number of nitrogens with one attached hydrogen (secondary N) is 1. The molecule has 1 atom stereocenters. The van der Waals surface area contributed by atoms with E-state index >= 15 is 0 Å².